The molecular formula is C19H23N3O4S. The fourth-order valence-electron chi connectivity index (χ4n) is 3.14. The molecule has 3 rings (SSSR count). The molecule has 8 heteroatoms. The maximum atomic E-state index is 12.8. The monoisotopic (exact) mass is 389 g/mol. The zero-order chi connectivity index (χ0) is 19.4. The molecule has 27 heavy (non-hydrogen) atoms. The normalized spacial score (nSPS) is 15.6. The van der Waals surface area contributed by atoms with Crippen LogP contribution in [0.1, 0.15) is 35.1 Å². The lowest BCUT2D eigenvalue weighted by Gasteiger charge is -2.28. The van der Waals surface area contributed by atoms with Crippen LogP contribution in [0, 0.1) is 16.0 Å². The van der Waals surface area contributed by atoms with Crippen molar-refractivity contribution >= 4 is 28.6 Å². The smallest absolute Gasteiger partial charge is 0.293 e. The minimum atomic E-state index is -0.430. The number of rotatable bonds is 6. The molecule has 0 aliphatic carbocycles. The van der Waals surface area contributed by atoms with E-state index in [-0.39, 0.29) is 23.6 Å². The molecule has 1 N–H and O–H groups in total. The molecule has 1 aliphatic heterocycles. The molecule has 1 aliphatic rings. The third-order valence-electron chi connectivity index (χ3n) is 4.59. The Balaban J connectivity index is 1.84. The van der Waals surface area contributed by atoms with Gasteiger partial charge in [-0.15, -0.1) is 11.3 Å². The third kappa shape index (κ3) is 4.45. The first-order valence-corrected chi connectivity index (χ1v) is 9.80. The largest absolute Gasteiger partial charge is 0.378 e. The van der Waals surface area contributed by atoms with Crippen LogP contribution in [0.15, 0.2) is 35.7 Å². The second-order valence-electron chi connectivity index (χ2n) is 6.77. The van der Waals surface area contributed by atoms with Gasteiger partial charge in [0.1, 0.15) is 5.69 Å². The number of nitrogens with one attached hydrogen (secondary N) is 1. The van der Waals surface area contributed by atoms with Gasteiger partial charge < -0.3 is 15.0 Å². The van der Waals surface area contributed by atoms with E-state index in [1.807, 2.05) is 36.3 Å². The van der Waals surface area contributed by atoms with Crippen LogP contribution in [0.25, 0.3) is 0 Å². The van der Waals surface area contributed by atoms with Crippen molar-refractivity contribution in [2.24, 2.45) is 5.92 Å². The van der Waals surface area contributed by atoms with Gasteiger partial charge in [0.2, 0.25) is 0 Å². The maximum absolute atomic E-state index is 12.8. The van der Waals surface area contributed by atoms with E-state index in [9.17, 15) is 14.9 Å². The first kappa shape index (κ1) is 19.3. The number of nitrogens with zero attached hydrogens (tertiary/aromatic N) is 2. The van der Waals surface area contributed by atoms with E-state index < -0.39 is 4.92 Å². The summed E-state index contributed by atoms with van der Waals surface area (Å²) in [5.74, 6) is -0.103. The van der Waals surface area contributed by atoms with E-state index in [0.717, 1.165) is 4.88 Å². The third-order valence-corrected chi connectivity index (χ3v) is 5.54. The zero-order valence-corrected chi connectivity index (χ0v) is 16.2. The summed E-state index contributed by atoms with van der Waals surface area (Å²) in [5, 5.41) is 16.6. The molecule has 1 aromatic carbocycles. The molecule has 0 saturated carbocycles. The standard InChI is InChI=1S/C19H23N3O4S/c1-13(2)18(17-4-3-11-27-17)20-19(23)14-5-6-15(16(12-14)22(24)25)21-7-9-26-10-8-21/h3-6,11-13,18H,7-10H2,1-2H3,(H,20,23). The van der Waals surface area contributed by atoms with E-state index >= 15 is 0 Å². The van der Waals surface area contributed by atoms with Crippen molar-refractivity contribution < 1.29 is 14.5 Å². The number of hydrogen-bond acceptors (Lipinski definition) is 6. The molecule has 2 aromatic rings. The lowest BCUT2D eigenvalue weighted by molar-refractivity contribution is -0.384. The Morgan fingerprint density at radius 3 is 2.63 bits per heavy atom. The van der Waals surface area contributed by atoms with Crippen molar-refractivity contribution in [1.29, 1.82) is 0 Å². The van der Waals surface area contributed by atoms with Crippen LogP contribution in [-0.4, -0.2) is 37.1 Å². The van der Waals surface area contributed by atoms with Gasteiger partial charge in [0.05, 0.1) is 24.2 Å². The van der Waals surface area contributed by atoms with Crippen molar-refractivity contribution in [3.8, 4) is 0 Å². The first-order valence-electron chi connectivity index (χ1n) is 8.92. The van der Waals surface area contributed by atoms with Gasteiger partial charge in [0.25, 0.3) is 11.6 Å². The number of ether oxygens (including phenoxy) is 1. The molecule has 1 fully saturated rings. The second kappa shape index (κ2) is 8.49. The molecule has 1 amide bonds. The topological polar surface area (TPSA) is 84.7 Å². The predicted octanol–water partition coefficient (Wildman–Crippen LogP) is 3.62. The Hall–Kier alpha value is -2.45. The van der Waals surface area contributed by atoms with E-state index in [2.05, 4.69) is 5.32 Å². The average Bonchev–Trinajstić information content (AvgIpc) is 3.20. The van der Waals surface area contributed by atoms with Crippen LogP contribution in [0.5, 0.6) is 0 Å². The molecule has 2 heterocycles. The minimum absolute atomic E-state index is 0.0539. The van der Waals surface area contributed by atoms with Gasteiger partial charge in [-0.25, -0.2) is 0 Å². The van der Waals surface area contributed by atoms with Gasteiger partial charge in [0, 0.05) is 29.6 Å². The Kier molecular flexibility index (Phi) is 6.08. The zero-order valence-electron chi connectivity index (χ0n) is 15.4. The molecule has 7 nitrogen and oxygen atoms in total. The van der Waals surface area contributed by atoms with Crippen molar-refractivity contribution in [3.05, 3.63) is 56.3 Å². The van der Waals surface area contributed by atoms with Crippen molar-refractivity contribution in [2.75, 3.05) is 31.2 Å². The van der Waals surface area contributed by atoms with Crippen LogP contribution < -0.4 is 10.2 Å². The molecular weight excluding hydrogens is 366 g/mol. The van der Waals surface area contributed by atoms with Crippen LogP contribution in [0.4, 0.5) is 11.4 Å². The van der Waals surface area contributed by atoms with E-state index in [4.69, 9.17) is 4.74 Å². The SMILES string of the molecule is CC(C)C(NC(=O)c1ccc(N2CCOCC2)c([N+](=O)[O-])c1)c1cccs1. The average molecular weight is 389 g/mol. The fourth-order valence-corrected chi connectivity index (χ4v) is 4.09. The van der Waals surface area contributed by atoms with E-state index in [1.165, 1.54) is 6.07 Å². The summed E-state index contributed by atoms with van der Waals surface area (Å²) in [4.78, 5) is 26.9. The van der Waals surface area contributed by atoms with Gasteiger partial charge in [0.15, 0.2) is 0 Å². The summed E-state index contributed by atoms with van der Waals surface area (Å²) in [7, 11) is 0. The number of nitro groups is 1. The molecule has 1 aromatic heterocycles. The maximum Gasteiger partial charge on any atom is 0.293 e. The quantitative estimate of drug-likeness (QED) is 0.602. The molecule has 0 spiro atoms. The fraction of sp³-hybridized carbons (Fsp3) is 0.421. The van der Waals surface area contributed by atoms with Crippen LogP contribution in [0.2, 0.25) is 0 Å². The number of anilines is 1. The van der Waals surface area contributed by atoms with Crippen molar-refractivity contribution in [3.63, 3.8) is 0 Å². The van der Waals surface area contributed by atoms with Gasteiger partial charge in [-0.3, -0.25) is 14.9 Å². The summed E-state index contributed by atoms with van der Waals surface area (Å²) in [6.07, 6.45) is 0. The Labute approximate surface area is 162 Å². The first-order chi connectivity index (χ1) is 13.0. The van der Waals surface area contributed by atoms with Gasteiger partial charge in [-0.05, 0) is 29.5 Å². The molecule has 1 unspecified atom stereocenters. The molecule has 144 valence electrons. The summed E-state index contributed by atoms with van der Waals surface area (Å²) in [6, 6.07) is 8.48. The van der Waals surface area contributed by atoms with Crippen molar-refractivity contribution in [1.82, 2.24) is 5.32 Å². The highest BCUT2D eigenvalue weighted by atomic mass is 32.1. The number of morpholine rings is 1. The summed E-state index contributed by atoms with van der Waals surface area (Å²) in [5.41, 5.74) is 0.765. The number of amides is 1. The Morgan fingerprint density at radius 1 is 1.30 bits per heavy atom. The molecule has 1 saturated heterocycles. The van der Waals surface area contributed by atoms with Gasteiger partial charge in [-0.2, -0.15) is 0 Å². The van der Waals surface area contributed by atoms with Crippen LogP contribution in [0.3, 0.4) is 0 Å². The number of benzene rings is 1. The Bertz CT molecular complexity index is 801. The lowest BCUT2D eigenvalue weighted by Crippen LogP contribution is -2.36. The van der Waals surface area contributed by atoms with Crippen LogP contribution >= 0.6 is 11.3 Å². The van der Waals surface area contributed by atoms with Gasteiger partial charge >= 0.3 is 0 Å². The van der Waals surface area contributed by atoms with Crippen LogP contribution in [-0.2, 0) is 4.74 Å². The highest BCUT2D eigenvalue weighted by Gasteiger charge is 2.25. The van der Waals surface area contributed by atoms with Gasteiger partial charge in [-0.1, -0.05) is 19.9 Å². The van der Waals surface area contributed by atoms with E-state index in [1.54, 1.807) is 23.5 Å². The summed E-state index contributed by atoms with van der Waals surface area (Å²) in [6.45, 7) is 6.34. The minimum Gasteiger partial charge on any atom is -0.378 e. The number of thiophene rings is 1. The summed E-state index contributed by atoms with van der Waals surface area (Å²) >= 11 is 1.58. The number of carbonyl (C=O) groups is 1. The second-order valence-corrected chi connectivity index (χ2v) is 7.75. The lowest BCUT2D eigenvalue weighted by atomic mass is 10.0. The number of nitro benzene ring substituents is 1. The van der Waals surface area contributed by atoms with E-state index in [0.29, 0.717) is 37.6 Å². The number of hydrogen-bond donors (Lipinski definition) is 1. The molecule has 0 bridgehead atoms. The molecule has 1 atom stereocenters. The highest BCUT2D eigenvalue weighted by Crippen LogP contribution is 2.31. The van der Waals surface area contributed by atoms with Crippen molar-refractivity contribution in [2.45, 2.75) is 19.9 Å². The highest BCUT2D eigenvalue weighted by molar-refractivity contribution is 7.10. The summed E-state index contributed by atoms with van der Waals surface area (Å²) < 4.78 is 5.31. The number of carbonyl (C=O) groups excluding carboxylic acids is 1. The Morgan fingerprint density at radius 2 is 2.04 bits per heavy atom. The predicted molar refractivity (Wildman–Crippen MR) is 105 cm³/mol. The molecule has 0 radical (unpaired) electrons.